The number of nitrogens with zero attached hydrogens (tertiary/aromatic N) is 2. The molecule has 0 unspecified atom stereocenters. The van der Waals surface area contributed by atoms with Gasteiger partial charge in [0.05, 0.1) is 10.7 Å². The predicted octanol–water partition coefficient (Wildman–Crippen LogP) is 3.28. The van der Waals surface area contributed by atoms with Gasteiger partial charge in [0, 0.05) is 32.3 Å². The van der Waals surface area contributed by atoms with Crippen LogP contribution in [-0.4, -0.2) is 37.9 Å². The summed E-state index contributed by atoms with van der Waals surface area (Å²) in [5.41, 5.74) is 1.75. The smallest absolute Gasteiger partial charge is 0.257 e. The lowest BCUT2D eigenvalue weighted by Crippen LogP contribution is -2.28. The van der Waals surface area contributed by atoms with E-state index in [1.807, 2.05) is 18.2 Å². The fourth-order valence-corrected chi connectivity index (χ4v) is 2.55. The van der Waals surface area contributed by atoms with Crippen molar-refractivity contribution in [2.45, 2.75) is 12.8 Å². The van der Waals surface area contributed by atoms with Crippen LogP contribution in [0, 0.1) is 0 Å². The van der Waals surface area contributed by atoms with E-state index in [2.05, 4.69) is 0 Å². The molecule has 0 aromatic heterocycles. The van der Waals surface area contributed by atoms with Crippen molar-refractivity contribution in [2.24, 2.45) is 0 Å². The molecule has 0 fully saturated rings. The Morgan fingerprint density at radius 2 is 1.82 bits per heavy atom. The topological polar surface area (TPSA) is 40.6 Å². The van der Waals surface area contributed by atoms with Gasteiger partial charge in [-0.05, 0) is 31.0 Å². The van der Waals surface area contributed by atoms with Crippen LogP contribution in [0.15, 0.2) is 42.0 Å². The molecule has 22 heavy (non-hydrogen) atoms. The van der Waals surface area contributed by atoms with Crippen molar-refractivity contribution in [2.75, 3.05) is 26.0 Å². The number of amides is 2. The monoisotopic (exact) mass is 318 g/mol. The number of allylic oxidation sites excluding steroid dienone is 2. The van der Waals surface area contributed by atoms with Crippen LogP contribution in [0.5, 0.6) is 0 Å². The van der Waals surface area contributed by atoms with Crippen molar-refractivity contribution >= 4 is 29.1 Å². The molecule has 1 aromatic carbocycles. The Kier molecular flexibility index (Phi) is 5.03. The maximum absolute atomic E-state index is 12.5. The number of carbonyl (C=O) groups excluding carboxylic acids is 2. The Hall–Kier alpha value is -2.07. The van der Waals surface area contributed by atoms with Crippen LogP contribution in [0.1, 0.15) is 23.2 Å². The number of hydrogen-bond acceptors (Lipinski definition) is 2. The van der Waals surface area contributed by atoms with Gasteiger partial charge in [-0.1, -0.05) is 29.8 Å². The zero-order valence-electron chi connectivity index (χ0n) is 13.0. The minimum Gasteiger partial charge on any atom is -0.345 e. The third-order valence-corrected chi connectivity index (χ3v) is 3.81. The lowest BCUT2D eigenvalue weighted by molar-refractivity contribution is -0.114. The van der Waals surface area contributed by atoms with E-state index in [-0.39, 0.29) is 11.8 Å². The average molecular weight is 319 g/mol. The number of rotatable bonds is 3. The van der Waals surface area contributed by atoms with Crippen LogP contribution in [0.25, 0.3) is 0 Å². The van der Waals surface area contributed by atoms with Gasteiger partial charge in [0.15, 0.2) is 0 Å². The maximum atomic E-state index is 12.5. The van der Waals surface area contributed by atoms with Crippen molar-refractivity contribution in [3.05, 3.63) is 52.6 Å². The molecular formula is C17H19ClN2O2. The van der Waals surface area contributed by atoms with Crippen molar-refractivity contribution in [3.63, 3.8) is 0 Å². The Morgan fingerprint density at radius 3 is 2.36 bits per heavy atom. The van der Waals surface area contributed by atoms with Gasteiger partial charge in [0.1, 0.15) is 0 Å². The molecule has 4 nitrogen and oxygen atoms in total. The zero-order chi connectivity index (χ0) is 16.3. The number of halogens is 1. The van der Waals surface area contributed by atoms with Crippen LogP contribution in [0.2, 0.25) is 5.02 Å². The van der Waals surface area contributed by atoms with Crippen molar-refractivity contribution in [1.82, 2.24) is 4.90 Å². The summed E-state index contributed by atoms with van der Waals surface area (Å²) in [6.07, 6.45) is 7.58. The zero-order valence-corrected chi connectivity index (χ0v) is 13.7. The molecule has 0 atom stereocenters. The first-order chi connectivity index (χ1) is 10.4. The molecule has 0 aliphatic heterocycles. The van der Waals surface area contributed by atoms with Gasteiger partial charge < -0.3 is 9.80 Å². The third kappa shape index (κ3) is 3.39. The number of benzene rings is 1. The van der Waals surface area contributed by atoms with Gasteiger partial charge in [0.2, 0.25) is 0 Å². The highest BCUT2D eigenvalue weighted by Gasteiger charge is 2.19. The number of hydrogen-bond donors (Lipinski definition) is 0. The molecule has 0 spiro atoms. The van der Waals surface area contributed by atoms with Gasteiger partial charge in [-0.3, -0.25) is 9.59 Å². The normalized spacial score (nSPS) is 13.5. The molecule has 1 aromatic rings. The molecule has 0 saturated carbocycles. The van der Waals surface area contributed by atoms with E-state index >= 15 is 0 Å². The second kappa shape index (κ2) is 6.79. The average Bonchev–Trinajstić information content (AvgIpc) is 2.53. The SMILES string of the molecule is CN(C)C(=O)c1ccc(N(C)C(=O)C2=CCCC=C2)c(Cl)c1. The second-order valence-electron chi connectivity index (χ2n) is 5.37. The van der Waals surface area contributed by atoms with E-state index < -0.39 is 0 Å². The fourth-order valence-electron chi connectivity index (χ4n) is 2.25. The largest absolute Gasteiger partial charge is 0.345 e. The lowest BCUT2D eigenvalue weighted by Gasteiger charge is -2.21. The maximum Gasteiger partial charge on any atom is 0.257 e. The molecule has 1 aliphatic rings. The van der Waals surface area contributed by atoms with E-state index in [1.54, 1.807) is 39.3 Å². The molecule has 2 rings (SSSR count). The summed E-state index contributed by atoms with van der Waals surface area (Å²) in [5.74, 6) is -0.232. The summed E-state index contributed by atoms with van der Waals surface area (Å²) in [6, 6.07) is 4.97. The predicted molar refractivity (Wildman–Crippen MR) is 89.3 cm³/mol. The van der Waals surface area contributed by atoms with E-state index in [9.17, 15) is 9.59 Å². The van der Waals surface area contributed by atoms with Crippen LogP contribution in [-0.2, 0) is 4.79 Å². The Morgan fingerprint density at radius 1 is 1.09 bits per heavy atom. The minimum atomic E-state index is -0.125. The second-order valence-corrected chi connectivity index (χ2v) is 5.78. The highest BCUT2D eigenvalue weighted by molar-refractivity contribution is 6.34. The highest BCUT2D eigenvalue weighted by atomic mass is 35.5. The van der Waals surface area contributed by atoms with Crippen molar-refractivity contribution in [3.8, 4) is 0 Å². The van der Waals surface area contributed by atoms with E-state index in [0.717, 1.165) is 12.8 Å². The summed E-state index contributed by atoms with van der Waals surface area (Å²) in [5, 5.41) is 0.379. The van der Waals surface area contributed by atoms with Crippen LogP contribution >= 0.6 is 11.6 Å². The Bertz CT molecular complexity index is 663. The Labute approximate surface area is 135 Å². The summed E-state index contributed by atoms with van der Waals surface area (Å²) < 4.78 is 0. The van der Waals surface area contributed by atoms with E-state index in [1.165, 1.54) is 9.80 Å². The molecule has 0 radical (unpaired) electrons. The molecule has 0 heterocycles. The summed E-state index contributed by atoms with van der Waals surface area (Å²) in [6.45, 7) is 0. The summed E-state index contributed by atoms with van der Waals surface area (Å²) >= 11 is 6.25. The quantitative estimate of drug-likeness (QED) is 0.858. The highest BCUT2D eigenvalue weighted by Crippen LogP contribution is 2.28. The molecular weight excluding hydrogens is 300 g/mol. The Balaban J connectivity index is 2.25. The van der Waals surface area contributed by atoms with Crippen molar-refractivity contribution in [1.29, 1.82) is 0 Å². The lowest BCUT2D eigenvalue weighted by atomic mass is 10.1. The van der Waals surface area contributed by atoms with E-state index in [4.69, 9.17) is 11.6 Å². The number of anilines is 1. The van der Waals surface area contributed by atoms with Crippen molar-refractivity contribution < 1.29 is 9.59 Å². The van der Waals surface area contributed by atoms with Gasteiger partial charge in [-0.2, -0.15) is 0 Å². The standard InChI is InChI=1S/C17H19ClN2O2/c1-19(2)16(21)13-9-10-15(14(18)11-13)20(3)17(22)12-7-5-4-6-8-12/h5,7-11H,4,6H2,1-3H3. The first-order valence-electron chi connectivity index (χ1n) is 7.07. The number of carbonyl (C=O) groups is 2. The van der Waals surface area contributed by atoms with Crippen LogP contribution in [0.3, 0.4) is 0 Å². The molecule has 116 valence electrons. The summed E-state index contributed by atoms with van der Waals surface area (Å²) in [7, 11) is 5.05. The van der Waals surface area contributed by atoms with Gasteiger partial charge in [0.25, 0.3) is 11.8 Å². The molecule has 5 heteroatoms. The molecule has 0 bridgehead atoms. The van der Waals surface area contributed by atoms with Gasteiger partial charge >= 0.3 is 0 Å². The molecule has 0 saturated heterocycles. The van der Waals surface area contributed by atoms with Crippen LogP contribution < -0.4 is 4.90 Å². The minimum absolute atomic E-state index is 0.107. The molecule has 0 N–H and O–H groups in total. The van der Waals surface area contributed by atoms with Crippen LogP contribution in [0.4, 0.5) is 5.69 Å². The van der Waals surface area contributed by atoms with Gasteiger partial charge in [-0.25, -0.2) is 0 Å². The van der Waals surface area contributed by atoms with E-state index in [0.29, 0.717) is 21.8 Å². The molecule has 2 amide bonds. The molecule has 1 aliphatic carbocycles. The van der Waals surface area contributed by atoms with Gasteiger partial charge in [-0.15, -0.1) is 0 Å². The first-order valence-corrected chi connectivity index (χ1v) is 7.45. The number of likely N-dealkylation sites (N-methyl/N-ethyl adjacent to an activating group) is 1. The first kappa shape index (κ1) is 16.3. The fraction of sp³-hybridized carbons (Fsp3) is 0.294. The summed E-state index contributed by atoms with van der Waals surface area (Å²) in [4.78, 5) is 27.4. The third-order valence-electron chi connectivity index (χ3n) is 3.51.